The fraction of sp³-hybridized carbons (Fsp3) is 0.500. The SMILES string of the molecule is CC(=O)C(O)[C@H]1O[C@@H](n2cc(C#N)c(=O)[nH]c2=O)CC1C(C)=O. The van der Waals surface area contributed by atoms with Gasteiger partial charge < -0.3 is 9.84 Å². The number of carbonyl (C=O) groups excluding carboxylic acids is 2. The van der Waals surface area contributed by atoms with E-state index < -0.39 is 41.4 Å². The summed E-state index contributed by atoms with van der Waals surface area (Å²) in [5.74, 6) is -1.63. The molecule has 2 heterocycles. The second kappa shape index (κ2) is 6.28. The quantitative estimate of drug-likeness (QED) is 0.713. The Hall–Kier alpha value is -2.57. The van der Waals surface area contributed by atoms with Crippen LogP contribution >= 0.6 is 0 Å². The van der Waals surface area contributed by atoms with Crippen LogP contribution in [0.5, 0.6) is 0 Å². The van der Waals surface area contributed by atoms with Crippen LogP contribution in [-0.4, -0.2) is 38.4 Å². The number of hydrogen-bond donors (Lipinski definition) is 2. The Morgan fingerprint density at radius 2 is 2.13 bits per heavy atom. The Bertz CT molecular complexity index is 802. The van der Waals surface area contributed by atoms with E-state index in [1.807, 2.05) is 4.98 Å². The molecule has 2 N–H and O–H groups in total. The first-order valence-electron chi connectivity index (χ1n) is 6.86. The lowest BCUT2D eigenvalue weighted by Crippen LogP contribution is -2.39. The molecule has 0 bridgehead atoms. The van der Waals surface area contributed by atoms with E-state index in [2.05, 4.69) is 0 Å². The lowest BCUT2D eigenvalue weighted by Gasteiger charge is -2.20. The summed E-state index contributed by atoms with van der Waals surface area (Å²) in [5, 5.41) is 18.8. The van der Waals surface area contributed by atoms with Gasteiger partial charge in [0.2, 0.25) is 0 Å². The Balaban J connectivity index is 2.42. The number of aromatic amines is 1. The third kappa shape index (κ3) is 3.13. The molecule has 1 aromatic rings. The van der Waals surface area contributed by atoms with Crippen molar-refractivity contribution in [1.29, 1.82) is 5.26 Å². The zero-order valence-corrected chi connectivity index (χ0v) is 12.5. The van der Waals surface area contributed by atoms with Crippen LogP contribution in [0.25, 0.3) is 0 Å². The Morgan fingerprint density at radius 1 is 1.48 bits per heavy atom. The van der Waals surface area contributed by atoms with Crippen LogP contribution in [0.3, 0.4) is 0 Å². The van der Waals surface area contributed by atoms with Gasteiger partial charge in [-0.15, -0.1) is 0 Å². The Kier molecular flexibility index (Phi) is 4.58. The number of hydrogen-bond acceptors (Lipinski definition) is 7. The number of rotatable bonds is 4. The van der Waals surface area contributed by atoms with Crippen molar-refractivity contribution in [2.45, 2.75) is 38.7 Å². The van der Waals surface area contributed by atoms with Crippen molar-refractivity contribution < 1.29 is 19.4 Å². The molecule has 2 unspecified atom stereocenters. The number of aliphatic hydroxyl groups is 1. The predicted octanol–water partition coefficient (Wildman–Crippen LogP) is -1.15. The first-order valence-corrected chi connectivity index (χ1v) is 6.86. The molecule has 0 amide bonds. The molecule has 9 nitrogen and oxygen atoms in total. The highest BCUT2D eigenvalue weighted by Crippen LogP contribution is 2.35. The number of nitrogens with zero attached hydrogens (tertiary/aromatic N) is 2. The summed E-state index contributed by atoms with van der Waals surface area (Å²) in [6.45, 7) is 2.46. The largest absolute Gasteiger partial charge is 0.383 e. The average molecular weight is 321 g/mol. The topological polar surface area (TPSA) is 142 Å². The molecule has 1 saturated heterocycles. The van der Waals surface area contributed by atoms with E-state index in [1.54, 1.807) is 6.07 Å². The van der Waals surface area contributed by atoms with E-state index in [-0.39, 0.29) is 17.8 Å². The maximum atomic E-state index is 11.9. The van der Waals surface area contributed by atoms with Crippen LogP contribution in [0, 0.1) is 17.2 Å². The maximum Gasteiger partial charge on any atom is 0.330 e. The minimum Gasteiger partial charge on any atom is -0.383 e. The third-order valence-corrected chi connectivity index (χ3v) is 3.81. The van der Waals surface area contributed by atoms with E-state index in [9.17, 15) is 24.3 Å². The van der Waals surface area contributed by atoms with Crippen molar-refractivity contribution in [3.63, 3.8) is 0 Å². The summed E-state index contributed by atoms with van der Waals surface area (Å²) in [7, 11) is 0. The molecular weight excluding hydrogens is 306 g/mol. The summed E-state index contributed by atoms with van der Waals surface area (Å²) in [6, 6.07) is 1.64. The van der Waals surface area contributed by atoms with Crippen LogP contribution in [0.15, 0.2) is 15.8 Å². The number of Topliss-reactive ketones (excluding diaryl/α,β-unsaturated/α-hetero) is 2. The molecule has 1 aliphatic heterocycles. The highest BCUT2D eigenvalue weighted by atomic mass is 16.5. The molecule has 0 radical (unpaired) electrons. The van der Waals surface area contributed by atoms with Gasteiger partial charge in [-0.05, 0) is 13.8 Å². The lowest BCUT2D eigenvalue weighted by molar-refractivity contribution is -0.139. The van der Waals surface area contributed by atoms with Gasteiger partial charge in [0.1, 0.15) is 35.9 Å². The van der Waals surface area contributed by atoms with Crippen molar-refractivity contribution >= 4 is 11.6 Å². The fourth-order valence-corrected chi connectivity index (χ4v) is 2.56. The van der Waals surface area contributed by atoms with Crippen LogP contribution in [0.1, 0.15) is 32.1 Å². The van der Waals surface area contributed by atoms with E-state index >= 15 is 0 Å². The normalized spacial score (nSPS) is 24.9. The van der Waals surface area contributed by atoms with Gasteiger partial charge in [0.05, 0.1) is 5.92 Å². The minimum atomic E-state index is -1.50. The molecule has 0 aromatic carbocycles. The Morgan fingerprint density at radius 3 is 2.65 bits per heavy atom. The number of nitrogens with one attached hydrogen (secondary N) is 1. The molecule has 1 aromatic heterocycles. The number of nitriles is 1. The van der Waals surface area contributed by atoms with Gasteiger partial charge in [-0.1, -0.05) is 0 Å². The fourth-order valence-electron chi connectivity index (χ4n) is 2.56. The number of ketones is 2. The molecular formula is C14H15N3O6. The molecule has 4 atom stereocenters. The summed E-state index contributed by atoms with van der Waals surface area (Å²) < 4.78 is 6.48. The van der Waals surface area contributed by atoms with Gasteiger partial charge in [0.15, 0.2) is 5.78 Å². The van der Waals surface area contributed by atoms with Gasteiger partial charge in [-0.25, -0.2) is 4.79 Å². The molecule has 122 valence electrons. The summed E-state index contributed by atoms with van der Waals surface area (Å²) in [4.78, 5) is 48.3. The monoisotopic (exact) mass is 321 g/mol. The van der Waals surface area contributed by atoms with Crippen molar-refractivity contribution in [1.82, 2.24) is 9.55 Å². The summed E-state index contributed by atoms with van der Waals surface area (Å²) in [6.07, 6.45) is -2.48. The number of carbonyl (C=O) groups is 2. The van der Waals surface area contributed by atoms with Gasteiger partial charge in [-0.3, -0.25) is 23.9 Å². The maximum absolute atomic E-state index is 11.9. The second-order valence-corrected chi connectivity index (χ2v) is 5.38. The number of H-pyrrole nitrogens is 1. The van der Waals surface area contributed by atoms with Crippen LogP contribution in [-0.2, 0) is 14.3 Å². The third-order valence-electron chi connectivity index (χ3n) is 3.81. The average Bonchev–Trinajstić information content (AvgIpc) is 2.91. The zero-order chi connectivity index (χ0) is 17.3. The van der Waals surface area contributed by atoms with Crippen LogP contribution in [0.2, 0.25) is 0 Å². The van der Waals surface area contributed by atoms with Gasteiger partial charge in [0, 0.05) is 12.6 Å². The van der Waals surface area contributed by atoms with Gasteiger partial charge in [0.25, 0.3) is 5.56 Å². The first-order chi connectivity index (χ1) is 10.8. The first kappa shape index (κ1) is 16.8. The highest BCUT2D eigenvalue weighted by molar-refractivity contribution is 5.84. The lowest BCUT2D eigenvalue weighted by atomic mass is 9.92. The Labute approximate surface area is 130 Å². The van der Waals surface area contributed by atoms with E-state index in [4.69, 9.17) is 10.00 Å². The minimum absolute atomic E-state index is 0.0428. The number of ether oxygens (including phenoxy) is 1. The highest BCUT2D eigenvalue weighted by Gasteiger charge is 2.44. The van der Waals surface area contributed by atoms with Gasteiger partial charge >= 0.3 is 5.69 Å². The molecule has 0 aliphatic carbocycles. The number of aromatic nitrogens is 2. The molecule has 0 saturated carbocycles. The zero-order valence-electron chi connectivity index (χ0n) is 12.5. The molecule has 23 heavy (non-hydrogen) atoms. The van der Waals surface area contributed by atoms with Gasteiger partial charge in [-0.2, -0.15) is 5.26 Å². The molecule has 9 heteroatoms. The summed E-state index contributed by atoms with van der Waals surface area (Å²) >= 11 is 0. The van der Waals surface area contributed by atoms with E-state index in [1.165, 1.54) is 13.8 Å². The predicted molar refractivity (Wildman–Crippen MR) is 75.4 cm³/mol. The second-order valence-electron chi connectivity index (χ2n) is 5.38. The van der Waals surface area contributed by atoms with Crippen molar-refractivity contribution in [3.8, 4) is 6.07 Å². The van der Waals surface area contributed by atoms with Crippen molar-refractivity contribution in [2.75, 3.05) is 0 Å². The molecule has 1 fully saturated rings. The van der Waals surface area contributed by atoms with E-state index in [0.717, 1.165) is 10.8 Å². The molecule has 0 spiro atoms. The van der Waals surface area contributed by atoms with Crippen LogP contribution < -0.4 is 11.2 Å². The molecule has 1 aliphatic rings. The van der Waals surface area contributed by atoms with Crippen molar-refractivity contribution in [3.05, 3.63) is 32.6 Å². The van der Waals surface area contributed by atoms with E-state index in [0.29, 0.717) is 0 Å². The standard InChI is InChI=1S/C14H15N3O6/c1-6(18)9-3-10(23-12(9)11(20)7(2)19)17-5-8(4-15)13(21)16-14(17)22/h5,9-12,20H,3H2,1-2H3,(H,16,21,22)/t9?,10-,11?,12+/m1/s1. The molecule has 2 rings (SSSR count). The smallest absolute Gasteiger partial charge is 0.330 e. The summed E-state index contributed by atoms with van der Waals surface area (Å²) in [5.41, 5.74) is -1.92. The van der Waals surface area contributed by atoms with Crippen molar-refractivity contribution in [2.24, 2.45) is 5.92 Å². The number of aliphatic hydroxyl groups excluding tert-OH is 1. The van der Waals surface area contributed by atoms with Crippen LogP contribution in [0.4, 0.5) is 0 Å².